The molecule has 0 aliphatic rings. The third kappa shape index (κ3) is 9.35. The van der Waals surface area contributed by atoms with Crippen LogP contribution in [0.25, 0.3) is 11.0 Å². The first-order chi connectivity index (χ1) is 15.2. The molecule has 2 aromatic rings. The van der Waals surface area contributed by atoms with Gasteiger partial charge in [-0.3, -0.25) is 0 Å². The van der Waals surface area contributed by atoms with Gasteiger partial charge in [-0.2, -0.15) is 0 Å². The molecule has 0 fully saturated rings. The Morgan fingerprint density at radius 3 is 1.77 bits per heavy atom. The van der Waals surface area contributed by atoms with Crippen molar-refractivity contribution in [3.8, 4) is 0 Å². The Bertz CT molecular complexity index is 734. The second kappa shape index (κ2) is 15.5. The van der Waals surface area contributed by atoms with E-state index < -0.39 is 0 Å². The van der Waals surface area contributed by atoms with Crippen LogP contribution in [0.2, 0.25) is 0 Å². The molecule has 0 amide bonds. The Morgan fingerprint density at radius 1 is 0.710 bits per heavy atom. The van der Waals surface area contributed by atoms with Crippen molar-refractivity contribution in [3.63, 3.8) is 0 Å². The van der Waals surface area contributed by atoms with Gasteiger partial charge in [0.2, 0.25) is 0 Å². The molecular formula is C28H48N2O. The van der Waals surface area contributed by atoms with Crippen molar-refractivity contribution in [3.05, 3.63) is 29.1 Å². The number of aromatic nitrogens is 2. The summed E-state index contributed by atoms with van der Waals surface area (Å²) in [7, 11) is 0. The highest BCUT2D eigenvalue weighted by molar-refractivity contribution is 5.78. The van der Waals surface area contributed by atoms with Crippen LogP contribution in [0, 0.1) is 13.8 Å². The molecule has 0 unspecified atom stereocenters. The van der Waals surface area contributed by atoms with Crippen LogP contribution in [0.4, 0.5) is 0 Å². The first-order valence-corrected chi connectivity index (χ1v) is 13.2. The van der Waals surface area contributed by atoms with E-state index in [0.717, 1.165) is 30.7 Å². The number of benzene rings is 1. The van der Waals surface area contributed by atoms with Crippen molar-refractivity contribution in [2.75, 3.05) is 6.61 Å². The predicted octanol–water partition coefficient (Wildman–Crippen LogP) is 8.06. The zero-order chi connectivity index (χ0) is 22.3. The first-order valence-electron chi connectivity index (χ1n) is 13.2. The molecule has 1 aromatic carbocycles. The number of aryl methyl sites for hydroxylation is 4. The topological polar surface area (TPSA) is 38.0 Å². The van der Waals surface area contributed by atoms with E-state index in [1.165, 1.54) is 107 Å². The maximum Gasteiger partial charge on any atom is 0.109 e. The monoisotopic (exact) mass is 428 g/mol. The molecule has 0 spiro atoms. The third-order valence-corrected chi connectivity index (χ3v) is 6.74. The van der Waals surface area contributed by atoms with Crippen molar-refractivity contribution in [1.29, 1.82) is 0 Å². The number of rotatable bonds is 18. The van der Waals surface area contributed by atoms with E-state index in [0.29, 0.717) is 0 Å². The quantitative estimate of drug-likeness (QED) is 0.244. The van der Waals surface area contributed by atoms with Gasteiger partial charge in [-0.05, 0) is 49.9 Å². The second-order valence-corrected chi connectivity index (χ2v) is 9.53. The van der Waals surface area contributed by atoms with Gasteiger partial charge in [0, 0.05) is 19.6 Å². The van der Waals surface area contributed by atoms with Crippen LogP contribution >= 0.6 is 0 Å². The summed E-state index contributed by atoms with van der Waals surface area (Å²) >= 11 is 0. The minimum absolute atomic E-state index is 0.236. The van der Waals surface area contributed by atoms with Crippen LogP contribution in [0.5, 0.6) is 0 Å². The molecule has 0 atom stereocenters. The molecule has 31 heavy (non-hydrogen) atoms. The van der Waals surface area contributed by atoms with Gasteiger partial charge in [-0.1, -0.05) is 90.4 Å². The summed E-state index contributed by atoms with van der Waals surface area (Å²) in [6.45, 7) is 7.93. The fraction of sp³-hybridized carbons (Fsp3) is 0.750. The van der Waals surface area contributed by atoms with Gasteiger partial charge in [0.05, 0.1) is 11.0 Å². The van der Waals surface area contributed by atoms with E-state index in [2.05, 4.69) is 37.5 Å². The fourth-order valence-electron chi connectivity index (χ4n) is 4.57. The molecular weight excluding hydrogens is 380 g/mol. The smallest absolute Gasteiger partial charge is 0.109 e. The van der Waals surface area contributed by atoms with Crippen LogP contribution in [-0.4, -0.2) is 21.3 Å². The molecule has 0 aliphatic carbocycles. The molecule has 0 saturated carbocycles. The van der Waals surface area contributed by atoms with Gasteiger partial charge in [-0.25, -0.2) is 4.98 Å². The molecule has 0 aliphatic heterocycles. The molecule has 2 rings (SSSR count). The van der Waals surface area contributed by atoms with Crippen molar-refractivity contribution in [1.82, 2.24) is 9.55 Å². The lowest BCUT2D eigenvalue weighted by Crippen LogP contribution is -2.05. The SMILES string of the molecule is CCCCCCCCCCCCCCCCn1c(CCCO)nc2cc(C)c(C)cc21. The van der Waals surface area contributed by atoms with Crippen LogP contribution in [0.1, 0.15) is 120 Å². The number of aliphatic hydroxyl groups excluding tert-OH is 1. The number of hydrogen-bond acceptors (Lipinski definition) is 2. The molecule has 1 heterocycles. The number of aliphatic hydroxyl groups is 1. The summed E-state index contributed by atoms with van der Waals surface area (Å²) < 4.78 is 2.41. The van der Waals surface area contributed by atoms with Crippen LogP contribution in [0.15, 0.2) is 12.1 Å². The Kier molecular flexibility index (Phi) is 12.9. The molecule has 1 aromatic heterocycles. The molecule has 0 saturated heterocycles. The largest absolute Gasteiger partial charge is 0.396 e. The lowest BCUT2D eigenvalue weighted by atomic mass is 10.0. The summed E-state index contributed by atoms with van der Waals surface area (Å²) in [5.41, 5.74) is 5.03. The highest BCUT2D eigenvalue weighted by atomic mass is 16.2. The lowest BCUT2D eigenvalue weighted by molar-refractivity contribution is 0.287. The van der Waals surface area contributed by atoms with E-state index in [-0.39, 0.29) is 6.61 Å². The summed E-state index contributed by atoms with van der Waals surface area (Å²) in [6, 6.07) is 4.51. The zero-order valence-electron chi connectivity index (χ0n) is 20.7. The van der Waals surface area contributed by atoms with E-state index in [1.54, 1.807) is 0 Å². The minimum Gasteiger partial charge on any atom is -0.396 e. The van der Waals surface area contributed by atoms with Gasteiger partial charge in [0.25, 0.3) is 0 Å². The van der Waals surface area contributed by atoms with Crippen LogP contribution < -0.4 is 0 Å². The molecule has 0 radical (unpaired) electrons. The number of nitrogens with zero attached hydrogens (tertiary/aromatic N) is 2. The van der Waals surface area contributed by atoms with E-state index in [1.807, 2.05) is 0 Å². The summed E-state index contributed by atoms with van der Waals surface area (Å²) in [6.07, 6.45) is 21.2. The second-order valence-electron chi connectivity index (χ2n) is 9.53. The van der Waals surface area contributed by atoms with Crippen molar-refractivity contribution in [2.45, 2.75) is 130 Å². The third-order valence-electron chi connectivity index (χ3n) is 6.74. The minimum atomic E-state index is 0.236. The highest BCUT2D eigenvalue weighted by Crippen LogP contribution is 2.23. The maximum atomic E-state index is 9.25. The normalized spacial score (nSPS) is 11.6. The summed E-state index contributed by atoms with van der Waals surface area (Å²) in [5.74, 6) is 1.14. The Hall–Kier alpha value is -1.35. The fourth-order valence-corrected chi connectivity index (χ4v) is 4.57. The summed E-state index contributed by atoms with van der Waals surface area (Å²) in [5, 5.41) is 9.25. The maximum absolute atomic E-state index is 9.25. The van der Waals surface area contributed by atoms with E-state index >= 15 is 0 Å². The van der Waals surface area contributed by atoms with Crippen molar-refractivity contribution < 1.29 is 5.11 Å². The van der Waals surface area contributed by atoms with Gasteiger partial charge in [0.1, 0.15) is 5.82 Å². The van der Waals surface area contributed by atoms with E-state index in [4.69, 9.17) is 4.98 Å². The molecule has 0 bridgehead atoms. The highest BCUT2D eigenvalue weighted by Gasteiger charge is 2.11. The van der Waals surface area contributed by atoms with Crippen LogP contribution in [-0.2, 0) is 13.0 Å². The number of imidazole rings is 1. The Morgan fingerprint density at radius 2 is 1.23 bits per heavy atom. The summed E-state index contributed by atoms with van der Waals surface area (Å²) in [4.78, 5) is 4.89. The molecule has 3 nitrogen and oxygen atoms in total. The van der Waals surface area contributed by atoms with Gasteiger partial charge in [0.15, 0.2) is 0 Å². The standard InChI is InChI=1S/C28H48N2O/c1-4-5-6-7-8-9-10-11-12-13-14-15-16-17-20-30-27-23-25(3)24(2)22-26(27)29-28(30)19-18-21-31/h22-23,31H,4-21H2,1-3H3. The number of fused-ring (bicyclic) bond motifs is 1. The van der Waals surface area contributed by atoms with Crippen LogP contribution in [0.3, 0.4) is 0 Å². The molecule has 1 N–H and O–H groups in total. The molecule has 3 heteroatoms. The van der Waals surface area contributed by atoms with Gasteiger partial charge >= 0.3 is 0 Å². The van der Waals surface area contributed by atoms with Crippen molar-refractivity contribution in [2.24, 2.45) is 0 Å². The lowest BCUT2D eigenvalue weighted by Gasteiger charge is -2.10. The number of hydrogen-bond donors (Lipinski definition) is 1. The average molecular weight is 429 g/mol. The Labute approximate surface area is 191 Å². The van der Waals surface area contributed by atoms with Crippen molar-refractivity contribution >= 4 is 11.0 Å². The predicted molar refractivity (Wildman–Crippen MR) is 135 cm³/mol. The average Bonchev–Trinajstić information content (AvgIpc) is 3.09. The van der Waals surface area contributed by atoms with Gasteiger partial charge in [-0.15, -0.1) is 0 Å². The zero-order valence-corrected chi connectivity index (χ0v) is 20.7. The van der Waals surface area contributed by atoms with E-state index in [9.17, 15) is 5.11 Å². The van der Waals surface area contributed by atoms with Gasteiger partial charge < -0.3 is 9.67 Å². The number of unbranched alkanes of at least 4 members (excludes halogenated alkanes) is 13. The molecule has 176 valence electrons. The Balaban J connectivity index is 1.63. The first kappa shape index (κ1) is 25.9.